The normalized spacial score (nSPS) is 12.3. The van der Waals surface area contributed by atoms with Gasteiger partial charge in [0.1, 0.15) is 12.2 Å². The Morgan fingerprint density at radius 1 is 1.20 bits per heavy atom. The number of ether oxygens (including phenoxy) is 2. The molecule has 1 aromatic carbocycles. The minimum Gasteiger partial charge on any atom is -0.461 e. The molecule has 1 rings (SSSR count). The van der Waals surface area contributed by atoms with Gasteiger partial charge in [-0.1, -0.05) is 37.6 Å². The molecule has 0 aliphatic carbocycles. The van der Waals surface area contributed by atoms with Crippen LogP contribution in [0.5, 0.6) is 0 Å². The number of benzene rings is 1. The predicted octanol–water partition coefficient (Wildman–Crippen LogP) is 4.89. The average molecular weight is 389 g/mol. The summed E-state index contributed by atoms with van der Waals surface area (Å²) in [6, 6.07) is 7.15. The summed E-state index contributed by atoms with van der Waals surface area (Å²) in [5, 5.41) is 0.594. The first-order valence-corrected chi connectivity index (χ1v) is 8.57. The summed E-state index contributed by atoms with van der Waals surface area (Å²) in [5.74, 6) is -0.988. The van der Waals surface area contributed by atoms with Gasteiger partial charge in [-0.2, -0.15) is 13.5 Å². The molecule has 0 heterocycles. The molecule has 0 saturated carbocycles. The Morgan fingerprint density at radius 2 is 1.84 bits per heavy atom. The van der Waals surface area contributed by atoms with Crippen LogP contribution < -0.4 is 0 Å². The molecule has 1 aromatic rings. The zero-order valence-corrected chi connectivity index (χ0v) is 17.4. The molecule has 0 aliphatic heterocycles. The van der Waals surface area contributed by atoms with E-state index >= 15 is 0 Å². The van der Waals surface area contributed by atoms with Crippen LogP contribution in [0, 0.1) is 11.8 Å². The van der Waals surface area contributed by atoms with Crippen molar-refractivity contribution in [3.05, 3.63) is 34.9 Å². The molecular formula is C19H29ClO4S. The number of hydrogen-bond donors (Lipinski definition) is 0. The Balaban J connectivity index is 0.00000576. The van der Waals surface area contributed by atoms with Gasteiger partial charge >= 0.3 is 11.9 Å². The number of halogens is 1. The maximum absolute atomic E-state index is 12.4. The Labute approximate surface area is 162 Å². The van der Waals surface area contributed by atoms with Gasteiger partial charge in [0.15, 0.2) is 0 Å². The molecule has 1 atom stereocenters. The Bertz CT molecular complexity index is 567. The van der Waals surface area contributed by atoms with Crippen LogP contribution in [0.3, 0.4) is 0 Å². The highest BCUT2D eigenvalue weighted by Crippen LogP contribution is 2.21. The predicted molar refractivity (Wildman–Crippen MR) is 105 cm³/mol. The monoisotopic (exact) mass is 388 g/mol. The first-order valence-electron chi connectivity index (χ1n) is 8.19. The van der Waals surface area contributed by atoms with Crippen molar-refractivity contribution < 1.29 is 19.1 Å². The van der Waals surface area contributed by atoms with E-state index in [-0.39, 0.29) is 44.4 Å². The Morgan fingerprint density at radius 3 is 2.36 bits per heavy atom. The third-order valence-electron chi connectivity index (χ3n) is 3.19. The maximum Gasteiger partial charge on any atom is 0.309 e. The molecule has 142 valence electrons. The summed E-state index contributed by atoms with van der Waals surface area (Å²) in [6.07, 6.45) is 0.609. The molecular weight excluding hydrogens is 360 g/mol. The summed E-state index contributed by atoms with van der Waals surface area (Å²) in [6.45, 7) is 9.57. The van der Waals surface area contributed by atoms with E-state index in [0.717, 1.165) is 5.56 Å². The van der Waals surface area contributed by atoms with Gasteiger partial charge in [-0.05, 0) is 50.8 Å². The van der Waals surface area contributed by atoms with Crippen molar-refractivity contribution >= 4 is 37.0 Å². The van der Waals surface area contributed by atoms with Crippen molar-refractivity contribution in [2.75, 3.05) is 0 Å². The molecule has 0 radical (unpaired) electrons. The largest absolute Gasteiger partial charge is 0.461 e. The highest BCUT2D eigenvalue weighted by atomic mass is 35.5. The van der Waals surface area contributed by atoms with Gasteiger partial charge in [0, 0.05) is 5.02 Å². The molecule has 0 saturated heterocycles. The fourth-order valence-electron chi connectivity index (χ4n) is 2.32. The van der Waals surface area contributed by atoms with Crippen molar-refractivity contribution in [3.63, 3.8) is 0 Å². The first kappa shape index (κ1) is 23.8. The van der Waals surface area contributed by atoms with Crippen LogP contribution in [-0.4, -0.2) is 17.5 Å². The van der Waals surface area contributed by atoms with Gasteiger partial charge in [-0.3, -0.25) is 9.59 Å². The smallest absolute Gasteiger partial charge is 0.309 e. The van der Waals surface area contributed by atoms with Crippen LogP contribution in [0.15, 0.2) is 24.3 Å². The molecule has 0 unspecified atom stereocenters. The summed E-state index contributed by atoms with van der Waals surface area (Å²) >= 11 is 5.92. The van der Waals surface area contributed by atoms with E-state index in [2.05, 4.69) is 0 Å². The van der Waals surface area contributed by atoms with E-state index in [1.807, 2.05) is 19.9 Å². The SMILES string of the molecule is CC(C)C[C@H](CC(=O)OC(C)(C)C)C(=O)OCc1cccc(Cl)c1.S. The van der Waals surface area contributed by atoms with E-state index in [0.29, 0.717) is 11.4 Å². The van der Waals surface area contributed by atoms with Crippen molar-refractivity contribution in [2.24, 2.45) is 11.8 Å². The van der Waals surface area contributed by atoms with E-state index in [1.165, 1.54) is 0 Å². The molecule has 0 bridgehead atoms. The molecule has 0 fully saturated rings. The number of carbonyl (C=O) groups excluding carboxylic acids is 2. The van der Waals surface area contributed by atoms with Crippen molar-refractivity contribution in [2.45, 2.75) is 59.7 Å². The van der Waals surface area contributed by atoms with E-state index in [9.17, 15) is 9.59 Å². The lowest BCUT2D eigenvalue weighted by molar-refractivity contribution is -0.162. The second-order valence-corrected chi connectivity index (χ2v) is 7.79. The lowest BCUT2D eigenvalue weighted by Crippen LogP contribution is -2.28. The van der Waals surface area contributed by atoms with Gasteiger partial charge in [-0.15, -0.1) is 0 Å². The molecule has 0 N–H and O–H groups in total. The zero-order chi connectivity index (χ0) is 18.3. The zero-order valence-electron chi connectivity index (χ0n) is 15.6. The van der Waals surface area contributed by atoms with Crippen LogP contribution in [0.1, 0.15) is 53.0 Å². The number of rotatable bonds is 7. The van der Waals surface area contributed by atoms with Gasteiger partial charge < -0.3 is 9.47 Å². The lowest BCUT2D eigenvalue weighted by atomic mass is 9.94. The van der Waals surface area contributed by atoms with Gasteiger partial charge in [0.05, 0.1) is 12.3 Å². The first-order chi connectivity index (χ1) is 11.1. The number of hydrogen-bond acceptors (Lipinski definition) is 4. The molecule has 4 nitrogen and oxygen atoms in total. The summed E-state index contributed by atoms with van der Waals surface area (Å²) < 4.78 is 10.7. The fraction of sp³-hybridized carbons (Fsp3) is 0.579. The molecule has 0 aliphatic rings. The number of carbonyl (C=O) groups is 2. The minimum absolute atomic E-state index is 0. The average Bonchev–Trinajstić information content (AvgIpc) is 2.41. The third-order valence-corrected chi connectivity index (χ3v) is 3.43. The summed E-state index contributed by atoms with van der Waals surface area (Å²) in [5.41, 5.74) is 0.251. The number of esters is 2. The molecule has 0 spiro atoms. The highest BCUT2D eigenvalue weighted by molar-refractivity contribution is 7.59. The molecule has 6 heteroatoms. The minimum atomic E-state index is -0.565. The lowest BCUT2D eigenvalue weighted by Gasteiger charge is -2.22. The molecule has 0 amide bonds. The van der Waals surface area contributed by atoms with Crippen molar-refractivity contribution in [1.82, 2.24) is 0 Å². The maximum atomic E-state index is 12.4. The quantitative estimate of drug-likeness (QED) is 0.624. The van der Waals surface area contributed by atoms with Crippen LogP contribution in [-0.2, 0) is 25.7 Å². The van der Waals surface area contributed by atoms with Gasteiger partial charge in [0.2, 0.25) is 0 Å². The summed E-state index contributed by atoms with van der Waals surface area (Å²) in [7, 11) is 0. The van der Waals surface area contributed by atoms with Gasteiger partial charge in [0.25, 0.3) is 0 Å². The Hall–Kier alpha value is -1.20. The van der Waals surface area contributed by atoms with Crippen LogP contribution in [0.25, 0.3) is 0 Å². The van der Waals surface area contributed by atoms with Crippen LogP contribution in [0.2, 0.25) is 5.02 Å². The third kappa shape index (κ3) is 10.4. The Kier molecular flexibility index (Phi) is 10.2. The topological polar surface area (TPSA) is 52.6 Å². The van der Waals surface area contributed by atoms with Crippen LogP contribution >= 0.6 is 25.1 Å². The van der Waals surface area contributed by atoms with Crippen molar-refractivity contribution in [3.8, 4) is 0 Å². The highest BCUT2D eigenvalue weighted by Gasteiger charge is 2.27. The van der Waals surface area contributed by atoms with E-state index < -0.39 is 11.5 Å². The second-order valence-electron chi connectivity index (χ2n) is 7.35. The van der Waals surface area contributed by atoms with Gasteiger partial charge in [-0.25, -0.2) is 0 Å². The van der Waals surface area contributed by atoms with E-state index in [1.54, 1.807) is 39.0 Å². The standard InChI is InChI=1S/C19H27ClO4.H2S/c1-13(2)9-15(11-17(21)24-19(3,4)5)18(22)23-12-14-7-6-8-16(20)10-14;/h6-8,10,13,15H,9,11-12H2,1-5H3;1H2/t15-;/m1./s1. The van der Waals surface area contributed by atoms with Crippen LogP contribution in [0.4, 0.5) is 0 Å². The molecule has 25 heavy (non-hydrogen) atoms. The summed E-state index contributed by atoms with van der Waals surface area (Å²) in [4.78, 5) is 24.4. The fourth-order valence-corrected chi connectivity index (χ4v) is 2.53. The second kappa shape index (κ2) is 10.7. The van der Waals surface area contributed by atoms with Crippen molar-refractivity contribution in [1.29, 1.82) is 0 Å². The molecule has 0 aromatic heterocycles. The van der Waals surface area contributed by atoms with E-state index in [4.69, 9.17) is 21.1 Å².